The normalized spacial score (nSPS) is 10.0. The van der Waals surface area contributed by atoms with Crippen molar-refractivity contribution in [2.75, 3.05) is 10.6 Å². The molecule has 2 aromatic rings. The highest BCUT2D eigenvalue weighted by Crippen LogP contribution is 2.13. The summed E-state index contributed by atoms with van der Waals surface area (Å²) in [7, 11) is 0. The van der Waals surface area contributed by atoms with Gasteiger partial charge in [-0.3, -0.25) is 4.79 Å². The van der Waals surface area contributed by atoms with Crippen molar-refractivity contribution in [2.24, 2.45) is 0 Å². The van der Waals surface area contributed by atoms with Crippen LogP contribution in [0.3, 0.4) is 0 Å². The van der Waals surface area contributed by atoms with Crippen LogP contribution in [0.5, 0.6) is 0 Å². The number of hydrogen-bond donors (Lipinski definition) is 2. The molecule has 0 aliphatic heterocycles. The molecule has 0 heterocycles. The maximum atomic E-state index is 11.2. The summed E-state index contributed by atoms with van der Waals surface area (Å²) in [6.45, 7) is 3.67. The van der Waals surface area contributed by atoms with Crippen molar-refractivity contribution in [3.05, 3.63) is 59.7 Å². The zero-order chi connectivity index (χ0) is 15.2. The zero-order valence-electron chi connectivity index (χ0n) is 12.1. The standard InChI is InChI=1S/C17H18N2OS/c1-3-13-5-4-6-16(11-13)19-17(21)18-15-9-7-14(8-10-15)12(2)20/h4-11H,3H2,1-2H3,(H2,18,19,21). The lowest BCUT2D eigenvalue weighted by molar-refractivity contribution is 0.101. The van der Waals surface area contributed by atoms with Gasteiger partial charge in [-0.15, -0.1) is 0 Å². The average molecular weight is 298 g/mol. The van der Waals surface area contributed by atoms with Crippen LogP contribution >= 0.6 is 12.2 Å². The van der Waals surface area contributed by atoms with E-state index >= 15 is 0 Å². The van der Waals surface area contributed by atoms with Crippen LogP contribution in [0.15, 0.2) is 48.5 Å². The quantitative estimate of drug-likeness (QED) is 0.653. The van der Waals surface area contributed by atoms with Gasteiger partial charge in [-0.1, -0.05) is 19.1 Å². The first kappa shape index (κ1) is 15.2. The highest BCUT2D eigenvalue weighted by molar-refractivity contribution is 7.80. The fraction of sp³-hybridized carbons (Fsp3) is 0.176. The largest absolute Gasteiger partial charge is 0.332 e. The fourth-order valence-corrected chi connectivity index (χ4v) is 2.19. The van der Waals surface area contributed by atoms with E-state index in [0.29, 0.717) is 10.7 Å². The summed E-state index contributed by atoms with van der Waals surface area (Å²) in [6, 6.07) is 15.4. The molecule has 2 N–H and O–H groups in total. The number of carbonyl (C=O) groups excluding carboxylic acids is 1. The molecular formula is C17H18N2OS. The second-order valence-corrected chi connectivity index (χ2v) is 5.17. The Bertz CT molecular complexity index is 650. The molecule has 0 radical (unpaired) electrons. The van der Waals surface area contributed by atoms with E-state index in [4.69, 9.17) is 12.2 Å². The fourth-order valence-electron chi connectivity index (χ4n) is 1.95. The molecule has 0 bridgehead atoms. The van der Waals surface area contributed by atoms with Crippen LogP contribution in [-0.4, -0.2) is 10.9 Å². The van der Waals surface area contributed by atoms with E-state index in [-0.39, 0.29) is 5.78 Å². The summed E-state index contributed by atoms with van der Waals surface area (Å²) in [5, 5.41) is 6.79. The Morgan fingerprint density at radius 2 is 1.71 bits per heavy atom. The van der Waals surface area contributed by atoms with Crippen LogP contribution in [0.25, 0.3) is 0 Å². The second kappa shape index (κ2) is 6.99. The van der Waals surface area contributed by atoms with Crippen molar-refractivity contribution in [1.82, 2.24) is 0 Å². The molecule has 0 saturated carbocycles. The molecule has 3 nitrogen and oxygen atoms in total. The van der Waals surface area contributed by atoms with Crippen LogP contribution in [-0.2, 0) is 6.42 Å². The van der Waals surface area contributed by atoms with Gasteiger partial charge in [-0.05, 0) is 67.5 Å². The molecule has 4 heteroatoms. The van der Waals surface area contributed by atoms with Gasteiger partial charge < -0.3 is 10.6 Å². The predicted molar refractivity (Wildman–Crippen MR) is 92.1 cm³/mol. The van der Waals surface area contributed by atoms with Gasteiger partial charge in [0.15, 0.2) is 10.9 Å². The summed E-state index contributed by atoms with van der Waals surface area (Å²) in [5.74, 6) is 0.0543. The average Bonchev–Trinajstić information content (AvgIpc) is 2.47. The maximum absolute atomic E-state index is 11.2. The molecular weight excluding hydrogens is 280 g/mol. The number of thiocarbonyl (C=S) groups is 1. The van der Waals surface area contributed by atoms with Gasteiger partial charge in [0.2, 0.25) is 0 Å². The van der Waals surface area contributed by atoms with E-state index in [0.717, 1.165) is 17.8 Å². The van der Waals surface area contributed by atoms with Crippen LogP contribution in [0.4, 0.5) is 11.4 Å². The van der Waals surface area contributed by atoms with Gasteiger partial charge in [-0.25, -0.2) is 0 Å². The Labute approximate surface area is 130 Å². The van der Waals surface area contributed by atoms with Crippen molar-refractivity contribution < 1.29 is 4.79 Å². The third-order valence-electron chi connectivity index (χ3n) is 3.14. The first-order chi connectivity index (χ1) is 10.1. The summed E-state index contributed by atoms with van der Waals surface area (Å²) in [5.41, 5.74) is 3.76. The van der Waals surface area contributed by atoms with Gasteiger partial charge in [0.1, 0.15) is 0 Å². The molecule has 0 amide bonds. The molecule has 0 atom stereocenters. The summed E-state index contributed by atoms with van der Waals surface area (Å²) >= 11 is 5.29. The minimum Gasteiger partial charge on any atom is -0.332 e. The lowest BCUT2D eigenvalue weighted by atomic mass is 10.1. The summed E-state index contributed by atoms with van der Waals surface area (Å²) in [4.78, 5) is 11.2. The van der Waals surface area contributed by atoms with Crippen LogP contribution in [0, 0.1) is 0 Å². The van der Waals surface area contributed by atoms with Crippen molar-refractivity contribution in [3.8, 4) is 0 Å². The number of Topliss-reactive ketones (excluding diaryl/α,β-unsaturated/α-hetero) is 1. The number of rotatable bonds is 4. The Morgan fingerprint density at radius 3 is 2.33 bits per heavy atom. The lowest BCUT2D eigenvalue weighted by Crippen LogP contribution is -2.19. The topological polar surface area (TPSA) is 41.1 Å². The molecule has 0 saturated heterocycles. The molecule has 0 aliphatic rings. The first-order valence-corrected chi connectivity index (χ1v) is 7.27. The van der Waals surface area contributed by atoms with Gasteiger partial charge >= 0.3 is 0 Å². The van der Waals surface area contributed by atoms with E-state index in [1.807, 2.05) is 24.3 Å². The van der Waals surface area contributed by atoms with Crippen LogP contribution in [0.2, 0.25) is 0 Å². The van der Waals surface area contributed by atoms with Crippen molar-refractivity contribution >= 4 is 34.5 Å². The molecule has 0 aliphatic carbocycles. The van der Waals surface area contributed by atoms with Gasteiger partial charge in [0.05, 0.1) is 0 Å². The highest BCUT2D eigenvalue weighted by atomic mass is 32.1. The number of aryl methyl sites for hydroxylation is 1. The van der Waals surface area contributed by atoms with Crippen molar-refractivity contribution in [3.63, 3.8) is 0 Å². The van der Waals surface area contributed by atoms with Crippen molar-refractivity contribution in [2.45, 2.75) is 20.3 Å². The molecule has 0 spiro atoms. The third kappa shape index (κ3) is 4.39. The highest BCUT2D eigenvalue weighted by Gasteiger charge is 2.02. The molecule has 108 valence electrons. The molecule has 0 unspecified atom stereocenters. The molecule has 2 rings (SSSR count). The number of carbonyl (C=O) groups is 1. The van der Waals surface area contributed by atoms with E-state index < -0.39 is 0 Å². The van der Waals surface area contributed by atoms with Crippen molar-refractivity contribution in [1.29, 1.82) is 0 Å². The van der Waals surface area contributed by atoms with Crippen LogP contribution < -0.4 is 10.6 Å². The Hall–Kier alpha value is -2.20. The third-order valence-corrected chi connectivity index (χ3v) is 3.35. The number of benzene rings is 2. The smallest absolute Gasteiger partial charge is 0.175 e. The number of hydrogen-bond acceptors (Lipinski definition) is 2. The second-order valence-electron chi connectivity index (χ2n) is 4.77. The van der Waals surface area contributed by atoms with Gasteiger partial charge in [0.25, 0.3) is 0 Å². The number of nitrogens with one attached hydrogen (secondary N) is 2. The summed E-state index contributed by atoms with van der Waals surface area (Å²) in [6.07, 6.45) is 0.988. The molecule has 21 heavy (non-hydrogen) atoms. The van der Waals surface area contributed by atoms with E-state index in [2.05, 4.69) is 29.7 Å². The van der Waals surface area contributed by atoms with E-state index in [1.54, 1.807) is 19.1 Å². The molecule has 0 aromatic heterocycles. The van der Waals surface area contributed by atoms with Gasteiger partial charge in [-0.2, -0.15) is 0 Å². The Balaban J connectivity index is 1.99. The predicted octanol–water partition coefficient (Wildman–Crippen LogP) is 4.26. The SMILES string of the molecule is CCc1cccc(NC(=S)Nc2ccc(C(C)=O)cc2)c1. The minimum atomic E-state index is 0.0543. The first-order valence-electron chi connectivity index (χ1n) is 6.86. The van der Waals surface area contributed by atoms with Gasteiger partial charge in [0, 0.05) is 16.9 Å². The zero-order valence-corrected chi connectivity index (χ0v) is 13.0. The number of ketones is 1. The minimum absolute atomic E-state index is 0.0543. The molecule has 2 aromatic carbocycles. The summed E-state index contributed by atoms with van der Waals surface area (Å²) < 4.78 is 0. The maximum Gasteiger partial charge on any atom is 0.175 e. The monoisotopic (exact) mass is 298 g/mol. The lowest BCUT2D eigenvalue weighted by Gasteiger charge is -2.11. The van der Waals surface area contributed by atoms with E-state index in [9.17, 15) is 4.79 Å². The van der Waals surface area contributed by atoms with Crippen LogP contribution in [0.1, 0.15) is 29.8 Å². The molecule has 0 fully saturated rings. The Kier molecular flexibility index (Phi) is 5.06. The number of anilines is 2. The Morgan fingerprint density at radius 1 is 1.05 bits per heavy atom. The van der Waals surface area contributed by atoms with E-state index in [1.165, 1.54) is 5.56 Å².